The van der Waals surface area contributed by atoms with E-state index in [0.717, 1.165) is 5.56 Å². The number of hydrogen-bond donors (Lipinski definition) is 0. The molecular weight excluding hydrogens is 469 g/mol. The van der Waals surface area contributed by atoms with E-state index in [9.17, 15) is 9.65 Å². The molecule has 152 valence electrons. The summed E-state index contributed by atoms with van der Waals surface area (Å²) in [5.41, 5.74) is 2.24. The quantitative estimate of drug-likeness (QED) is 0.260. The van der Waals surface area contributed by atoms with Crippen LogP contribution in [0.15, 0.2) is 65.1 Å². The molecule has 3 aromatic rings. The van der Waals surface area contributed by atoms with Gasteiger partial charge in [-0.2, -0.15) is 5.26 Å². The molecule has 0 aliphatic rings. The van der Waals surface area contributed by atoms with Gasteiger partial charge in [-0.3, -0.25) is 0 Å². The van der Waals surface area contributed by atoms with Crippen molar-refractivity contribution in [2.75, 3.05) is 6.61 Å². The van der Waals surface area contributed by atoms with Crippen LogP contribution < -0.4 is 9.47 Å². The van der Waals surface area contributed by atoms with Crippen LogP contribution in [-0.2, 0) is 6.61 Å². The average molecular weight is 487 g/mol. The molecule has 0 aromatic heterocycles. The summed E-state index contributed by atoms with van der Waals surface area (Å²) in [6.07, 6.45) is 1.73. The van der Waals surface area contributed by atoms with Crippen LogP contribution in [0, 0.1) is 17.1 Å². The van der Waals surface area contributed by atoms with E-state index in [1.54, 1.807) is 48.5 Å². The van der Waals surface area contributed by atoms with Crippen molar-refractivity contribution in [2.45, 2.75) is 13.5 Å². The predicted molar refractivity (Wildman–Crippen MR) is 121 cm³/mol. The molecule has 0 heterocycles. The second kappa shape index (κ2) is 10.3. The fourth-order valence-electron chi connectivity index (χ4n) is 2.82. The van der Waals surface area contributed by atoms with Crippen molar-refractivity contribution in [1.82, 2.24) is 0 Å². The van der Waals surface area contributed by atoms with E-state index in [1.165, 1.54) is 6.07 Å². The standard InChI is InChI=1S/C24H18BrClFNO2/c1-2-29-23-12-17(11-18(14-28)19-8-4-5-9-21(19)26)20(25)13-24(23)30-15-16-7-3-6-10-22(16)27/h3-13H,2,15H2,1H3. The van der Waals surface area contributed by atoms with Crippen molar-refractivity contribution < 1.29 is 13.9 Å². The van der Waals surface area contributed by atoms with Crippen LogP contribution >= 0.6 is 27.5 Å². The number of ether oxygens (including phenoxy) is 2. The minimum absolute atomic E-state index is 0.0669. The van der Waals surface area contributed by atoms with E-state index in [1.807, 2.05) is 19.1 Å². The zero-order valence-corrected chi connectivity index (χ0v) is 18.5. The molecule has 0 aliphatic heterocycles. The van der Waals surface area contributed by atoms with Crippen molar-refractivity contribution in [3.05, 3.63) is 92.7 Å². The molecule has 0 radical (unpaired) electrons. The van der Waals surface area contributed by atoms with Crippen molar-refractivity contribution in [2.24, 2.45) is 0 Å². The first-order valence-electron chi connectivity index (χ1n) is 9.22. The highest BCUT2D eigenvalue weighted by Crippen LogP contribution is 2.36. The van der Waals surface area contributed by atoms with Crippen LogP contribution in [0.1, 0.15) is 23.6 Å². The van der Waals surface area contributed by atoms with Gasteiger partial charge in [0.2, 0.25) is 0 Å². The Bertz CT molecular complexity index is 1120. The number of nitrogens with zero attached hydrogens (tertiary/aromatic N) is 1. The molecule has 0 unspecified atom stereocenters. The van der Waals surface area contributed by atoms with Gasteiger partial charge in [0, 0.05) is 20.6 Å². The number of halogens is 3. The Labute approximate surface area is 188 Å². The fraction of sp³-hybridized carbons (Fsp3) is 0.125. The molecule has 3 rings (SSSR count). The van der Waals surface area contributed by atoms with Gasteiger partial charge in [0.1, 0.15) is 12.4 Å². The highest BCUT2D eigenvalue weighted by molar-refractivity contribution is 9.10. The molecule has 0 spiro atoms. The zero-order chi connectivity index (χ0) is 21.5. The Morgan fingerprint density at radius 3 is 2.50 bits per heavy atom. The van der Waals surface area contributed by atoms with E-state index in [0.29, 0.717) is 44.3 Å². The molecule has 0 atom stereocenters. The summed E-state index contributed by atoms with van der Waals surface area (Å²) in [6, 6.07) is 19.3. The molecular formula is C24H18BrClFNO2. The van der Waals surface area contributed by atoms with Gasteiger partial charge in [-0.1, -0.05) is 63.9 Å². The lowest BCUT2D eigenvalue weighted by molar-refractivity contribution is 0.265. The Hall–Kier alpha value is -2.81. The predicted octanol–water partition coefficient (Wildman–Crippen LogP) is 7.28. The molecule has 0 saturated heterocycles. The summed E-state index contributed by atoms with van der Waals surface area (Å²) < 4.78 is 26.1. The van der Waals surface area contributed by atoms with Crippen LogP contribution in [-0.4, -0.2) is 6.61 Å². The maximum absolute atomic E-state index is 13.9. The SMILES string of the molecule is CCOc1cc(C=C(C#N)c2ccccc2Cl)c(Br)cc1OCc1ccccc1F. The fourth-order valence-corrected chi connectivity index (χ4v) is 3.49. The second-order valence-electron chi connectivity index (χ2n) is 6.28. The molecule has 0 bridgehead atoms. The lowest BCUT2D eigenvalue weighted by atomic mass is 10.0. The molecule has 6 heteroatoms. The summed E-state index contributed by atoms with van der Waals surface area (Å²) in [7, 11) is 0. The normalized spacial score (nSPS) is 11.1. The third-order valence-corrected chi connectivity index (χ3v) is 5.30. The van der Waals surface area contributed by atoms with Gasteiger partial charge in [0.15, 0.2) is 11.5 Å². The molecule has 3 aromatic carbocycles. The third kappa shape index (κ3) is 5.21. The molecule has 30 heavy (non-hydrogen) atoms. The van der Waals surface area contributed by atoms with Gasteiger partial charge in [0.05, 0.1) is 18.2 Å². The number of benzene rings is 3. The van der Waals surface area contributed by atoms with E-state index in [2.05, 4.69) is 22.0 Å². The highest BCUT2D eigenvalue weighted by atomic mass is 79.9. The monoisotopic (exact) mass is 485 g/mol. The van der Waals surface area contributed by atoms with Gasteiger partial charge in [-0.15, -0.1) is 0 Å². The zero-order valence-electron chi connectivity index (χ0n) is 16.2. The van der Waals surface area contributed by atoms with Gasteiger partial charge in [0.25, 0.3) is 0 Å². The summed E-state index contributed by atoms with van der Waals surface area (Å²) in [4.78, 5) is 0. The Balaban J connectivity index is 1.95. The lowest BCUT2D eigenvalue weighted by Crippen LogP contribution is -2.02. The van der Waals surface area contributed by atoms with Gasteiger partial charge >= 0.3 is 0 Å². The number of allylic oxidation sites excluding steroid dienone is 1. The van der Waals surface area contributed by atoms with Crippen molar-refractivity contribution >= 4 is 39.2 Å². The minimum Gasteiger partial charge on any atom is -0.490 e. The largest absolute Gasteiger partial charge is 0.490 e. The Kier molecular flexibility index (Phi) is 7.51. The summed E-state index contributed by atoms with van der Waals surface area (Å²) >= 11 is 9.77. The Morgan fingerprint density at radius 1 is 1.10 bits per heavy atom. The number of rotatable bonds is 7. The van der Waals surface area contributed by atoms with Crippen LogP contribution in [0.25, 0.3) is 11.6 Å². The molecule has 0 N–H and O–H groups in total. The second-order valence-corrected chi connectivity index (χ2v) is 7.54. The van der Waals surface area contributed by atoms with Crippen molar-refractivity contribution in [3.8, 4) is 17.6 Å². The topological polar surface area (TPSA) is 42.2 Å². The third-order valence-electron chi connectivity index (χ3n) is 4.29. The smallest absolute Gasteiger partial charge is 0.162 e. The van der Waals surface area contributed by atoms with E-state index in [-0.39, 0.29) is 12.4 Å². The first-order valence-corrected chi connectivity index (χ1v) is 10.4. The first-order chi connectivity index (χ1) is 14.5. The van der Waals surface area contributed by atoms with Gasteiger partial charge in [-0.05, 0) is 42.8 Å². The van der Waals surface area contributed by atoms with Crippen molar-refractivity contribution in [1.29, 1.82) is 5.26 Å². The van der Waals surface area contributed by atoms with E-state index < -0.39 is 0 Å². The Morgan fingerprint density at radius 2 is 1.80 bits per heavy atom. The van der Waals surface area contributed by atoms with Gasteiger partial charge < -0.3 is 9.47 Å². The van der Waals surface area contributed by atoms with Crippen molar-refractivity contribution in [3.63, 3.8) is 0 Å². The summed E-state index contributed by atoms with van der Waals surface area (Å²) in [5.74, 6) is 0.646. The first kappa shape index (κ1) is 21.9. The summed E-state index contributed by atoms with van der Waals surface area (Å²) in [5, 5.41) is 10.1. The summed E-state index contributed by atoms with van der Waals surface area (Å²) in [6.45, 7) is 2.36. The average Bonchev–Trinajstić information content (AvgIpc) is 2.74. The molecule has 0 fully saturated rings. The number of hydrogen-bond acceptors (Lipinski definition) is 3. The highest BCUT2D eigenvalue weighted by Gasteiger charge is 2.13. The molecule has 0 amide bonds. The van der Waals surface area contributed by atoms with E-state index in [4.69, 9.17) is 21.1 Å². The van der Waals surface area contributed by atoms with Crippen LogP contribution in [0.4, 0.5) is 4.39 Å². The maximum atomic E-state index is 13.9. The van der Waals surface area contributed by atoms with Crippen LogP contribution in [0.2, 0.25) is 5.02 Å². The van der Waals surface area contributed by atoms with E-state index >= 15 is 0 Å². The molecule has 0 saturated carbocycles. The maximum Gasteiger partial charge on any atom is 0.162 e. The molecule has 0 aliphatic carbocycles. The van der Waals surface area contributed by atoms with Crippen LogP contribution in [0.3, 0.4) is 0 Å². The van der Waals surface area contributed by atoms with Crippen LogP contribution in [0.5, 0.6) is 11.5 Å². The van der Waals surface area contributed by atoms with Gasteiger partial charge in [-0.25, -0.2) is 4.39 Å². The lowest BCUT2D eigenvalue weighted by Gasteiger charge is -2.14. The number of nitriles is 1. The molecule has 3 nitrogen and oxygen atoms in total. The minimum atomic E-state index is -0.326.